The van der Waals surface area contributed by atoms with Crippen LogP contribution in [0.2, 0.25) is 0 Å². The van der Waals surface area contributed by atoms with Gasteiger partial charge in [0, 0.05) is 12.0 Å². The number of nitrogens with one attached hydrogen (secondary N) is 1. The predicted molar refractivity (Wildman–Crippen MR) is 64.1 cm³/mol. The first-order valence-electron chi connectivity index (χ1n) is 5.73. The maximum absolute atomic E-state index is 12.2. The first kappa shape index (κ1) is 12.3. The Bertz CT molecular complexity index is 509. The number of hydrogen-bond donors (Lipinski definition) is 1. The van der Waals surface area contributed by atoms with Crippen molar-refractivity contribution in [3.63, 3.8) is 0 Å². The molecular weight excluding hydrogens is 234 g/mol. The Morgan fingerprint density at radius 3 is 2.83 bits per heavy atom. The molecule has 0 saturated carbocycles. The van der Waals surface area contributed by atoms with Gasteiger partial charge < -0.3 is 10.1 Å². The average Bonchev–Trinajstić information content (AvgIpc) is 2.47. The maximum atomic E-state index is 12.2. The molecule has 1 aliphatic heterocycles. The Balaban J connectivity index is 2.38. The van der Waals surface area contributed by atoms with Crippen molar-refractivity contribution in [1.29, 1.82) is 0 Å². The minimum atomic E-state index is -1.05. The Morgan fingerprint density at radius 2 is 2.11 bits per heavy atom. The lowest BCUT2D eigenvalue weighted by atomic mass is 9.95. The summed E-state index contributed by atoms with van der Waals surface area (Å²) in [5, 5.41) is 2.61. The zero-order valence-corrected chi connectivity index (χ0v) is 9.93. The van der Waals surface area contributed by atoms with Crippen LogP contribution in [0.5, 0.6) is 0 Å². The number of Topliss-reactive ketones (excluding diaryl/α,β-unsaturated/α-hetero) is 1. The molecular formula is C13H13NO4. The van der Waals surface area contributed by atoms with Gasteiger partial charge in [0.15, 0.2) is 5.78 Å². The number of fused-ring (bicyclic) bond motifs is 1. The first-order valence-corrected chi connectivity index (χ1v) is 5.73. The molecule has 0 spiro atoms. The molecule has 0 aliphatic carbocycles. The number of esters is 1. The SMILES string of the molecule is CCOC(=O)C1CC(=O)Nc2ccccc2C1=O. The molecule has 1 heterocycles. The second-order valence-electron chi connectivity index (χ2n) is 3.97. The molecule has 0 fully saturated rings. The summed E-state index contributed by atoms with van der Waals surface area (Å²) in [6.45, 7) is 1.85. The van der Waals surface area contributed by atoms with Crippen LogP contribution >= 0.6 is 0 Å². The number of anilines is 1. The largest absolute Gasteiger partial charge is 0.465 e. The van der Waals surface area contributed by atoms with E-state index >= 15 is 0 Å². The number of para-hydroxylation sites is 1. The minimum Gasteiger partial charge on any atom is -0.465 e. The third-order valence-corrected chi connectivity index (χ3v) is 2.74. The number of benzene rings is 1. The lowest BCUT2D eigenvalue weighted by Crippen LogP contribution is -2.27. The standard InChI is InChI=1S/C13H13NO4/c1-2-18-13(17)9-7-11(15)14-10-6-4-3-5-8(10)12(9)16/h3-6,9H,2,7H2,1H3,(H,14,15). The van der Waals surface area contributed by atoms with Crippen LogP contribution in [-0.4, -0.2) is 24.3 Å². The molecule has 0 bridgehead atoms. The Morgan fingerprint density at radius 1 is 1.39 bits per heavy atom. The first-order chi connectivity index (χ1) is 8.63. The number of carbonyl (C=O) groups excluding carboxylic acids is 3. The summed E-state index contributed by atoms with van der Waals surface area (Å²) in [6, 6.07) is 6.64. The summed E-state index contributed by atoms with van der Waals surface area (Å²) in [5.41, 5.74) is 0.792. The topological polar surface area (TPSA) is 72.5 Å². The van der Waals surface area contributed by atoms with Gasteiger partial charge in [0.25, 0.3) is 0 Å². The summed E-state index contributed by atoms with van der Waals surface area (Å²) in [6.07, 6.45) is -0.174. The van der Waals surface area contributed by atoms with Crippen LogP contribution in [0.3, 0.4) is 0 Å². The van der Waals surface area contributed by atoms with Gasteiger partial charge in [-0.05, 0) is 19.1 Å². The molecule has 1 aromatic rings. The highest BCUT2D eigenvalue weighted by Crippen LogP contribution is 2.25. The van der Waals surface area contributed by atoms with Gasteiger partial charge in [0.2, 0.25) is 5.91 Å². The van der Waals surface area contributed by atoms with Crippen molar-refractivity contribution in [3.05, 3.63) is 29.8 Å². The van der Waals surface area contributed by atoms with Gasteiger partial charge in [-0.25, -0.2) is 0 Å². The normalized spacial score (nSPS) is 18.6. The van der Waals surface area contributed by atoms with Crippen LogP contribution in [0.15, 0.2) is 24.3 Å². The molecule has 1 atom stereocenters. The monoisotopic (exact) mass is 247 g/mol. The van der Waals surface area contributed by atoms with Crippen molar-refractivity contribution < 1.29 is 19.1 Å². The highest BCUT2D eigenvalue weighted by atomic mass is 16.5. The van der Waals surface area contributed by atoms with E-state index in [9.17, 15) is 14.4 Å². The molecule has 0 saturated heterocycles. The van der Waals surface area contributed by atoms with E-state index in [2.05, 4.69) is 5.32 Å². The fourth-order valence-electron chi connectivity index (χ4n) is 1.91. The summed E-state index contributed by atoms with van der Waals surface area (Å²) in [7, 11) is 0. The van der Waals surface area contributed by atoms with E-state index in [0.29, 0.717) is 11.3 Å². The predicted octanol–water partition coefficient (Wildman–Crippen LogP) is 1.39. The molecule has 1 aliphatic rings. The van der Waals surface area contributed by atoms with E-state index in [0.717, 1.165) is 0 Å². The zero-order chi connectivity index (χ0) is 13.1. The molecule has 18 heavy (non-hydrogen) atoms. The van der Waals surface area contributed by atoms with Crippen LogP contribution in [-0.2, 0) is 14.3 Å². The van der Waals surface area contributed by atoms with E-state index in [4.69, 9.17) is 4.74 Å². The van der Waals surface area contributed by atoms with Crippen LogP contribution in [0, 0.1) is 5.92 Å². The van der Waals surface area contributed by atoms with E-state index in [-0.39, 0.29) is 24.7 Å². The number of hydrogen-bond acceptors (Lipinski definition) is 4. The van der Waals surface area contributed by atoms with Gasteiger partial charge in [-0.1, -0.05) is 12.1 Å². The molecule has 1 N–H and O–H groups in total. The minimum absolute atomic E-state index is 0.174. The van der Waals surface area contributed by atoms with Gasteiger partial charge in [-0.2, -0.15) is 0 Å². The van der Waals surface area contributed by atoms with Crippen LogP contribution in [0.4, 0.5) is 5.69 Å². The lowest BCUT2D eigenvalue weighted by molar-refractivity contribution is -0.147. The smallest absolute Gasteiger partial charge is 0.317 e. The molecule has 1 amide bonds. The van der Waals surface area contributed by atoms with Crippen molar-refractivity contribution in [2.75, 3.05) is 11.9 Å². The van der Waals surface area contributed by atoms with E-state index in [1.54, 1.807) is 31.2 Å². The quantitative estimate of drug-likeness (QED) is 0.633. The number of carbonyl (C=O) groups is 3. The van der Waals surface area contributed by atoms with Crippen molar-refractivity contribution >= 4 is 23.3 Å². The average molecular weight is 247 g/mol. The van der Waals surface area contributed by atoms with Gasteiger partial charge >= 0.3 is 5.97 Å². The highest BCUT2D eigenvalue weighted by molar-refractivity contribution is 6.17. The molecule has 1 unspecified atom stereocenters. The van der Waals surface area contributed by atoms with Crippen LogP contribution < -0.4 is 5.32 Å². The molecule has 0 radical (unpaired) electrons. The third-order valence-electron chi connectivity index (χ3n) is 2.74. The Labute approximate surface area is 104 Å². The summed E-state index contributed by atoms with van der Waals surface area (Å²) in [4.78, 5) is 35.5. The Kier molecular flexibility index (Phi) is 3.41. The van der Waals surface area contributed by atoms with Crippen molar-refractivity contribution in [2.24, 2.45) is 5.92 Å². The van der Waals surface area contributed by atoms with E-state index in [1.165, 1.54) is 0 Å². The fourth-order valence-corrected chi connectivity index (χ4v) is 1.91. The lowest BCUT2D eigenvalue weighted by Gasteiger charge is -2.10. The molecule has 5 nitrogen and oxygen atoms in total. The zero-order valence-electron chi connectivity index (χ0n) is 9.93. The van der Waals surface area contributed by atoms with Gasteiger partial charge in [-0.3, -0.25) is 14.4 Å². The van der Waals surface area contributed by atoms with E-state index < -0.39 is 11.9 Å². The Hall–Kier alpha value is -2.17. The van der Waals surface area contributed by atoms with Gasteiger partial charge in [0.05, 0.1) is 12.3 Å². The number of ketones is 1. The molecule has 2 rings (SSSR count). The molecule has 1 aromatic carbocycles. The summed E-state index contributed by atoms with van der Waals surface area (Å²) < 4.78 is 4.83. The number of amides is 1. The van der Waals surface area contributed by atoms with Crippen molar-refractivity contribution in [1.82, 2.24) is 0 Å². The van der Waals surface area contributed by atoms with Gasteiger partial charge in [0.1, 0.15) is 5.92 Å². The molecule has 94 valence electrons. The number of ether oxygens (including phenoxy) is 1. The fraction of sp³-hybridized carbons (Fsp3) is 0.308. The summed E-state index contributed by atoms with van der Waals surface area (Å²) in [5.74, 6) is -2.42. The maximum Gasteiger partial charge on any atom is 0.317 e. The van der Waals surface area contributed by atoms with Crippen LogP contribution in [0.25, 0.3) is 0 Å². The van der Waals surface area contributed by atoms with E-state index in [1.807, 2.05) is 0 Å². The second kappa shape index (κ2) is 5.00. The van der Waals surface area contributed by atoms with Crippen molar-refractivity contribution in [2.45, 2.75) is 13.3 Å². The summed E-state index contributed by atoms with van der Waals surface area (Å²) >= 11 is 0. The third kappa shape index (κ3) is 2.25. The van der Waals surface area contributed by atoms with Crippen molar-refractivity contribution in [3.8, 4) is 0 Å². The highest BCUT2D eigenvalue weighted by Gasteiger charge is 2.35. The molecule has 5 heteroatoms. The number of rotatable bonds is 2. The van der Waals surface area contributed by atoms with Gasteiger partial charge in [-0.15, -0.1) is 0 Å². The second-order valence-corrected chi connectivity index (χ2v) is 3.97. The van der Waals surface area contributed by atoms with Crippen LogP contribution in [0.1, 0.15) is 23.7 Å². The molecule has 0 aromatic heterocycles.